The molecule has 0 aliphatic rings. The van der Waals surface area contributed by atoms with E-state index in [0.29, 0.717) is 0 Å². The second-order valence-electron chi connectivity index (χ2n) is 5.78. The largest absolute Gasteiger partial charge is 0.318 e. The summed E-state index contributed by atoms with van der Waals surface area (Å²) in [7, 11) is 0. The fourth-order valence-electron chi connectivity index (χ4n) is 2.33. The highest BCUT2D eigenvalue weighted by molar-refractivity contribution is 6.02. The second kappa shape index (κ2) is 7.26. The predicted molar refractivity (Wildman–Crippen MR) is 93.1 cm³/mol. The third-order valence-corrected chi connectivity index (χ3v) is 3.73. The van der Waals surface area contributed by atoms with Crippen LogP contribution >= 0.6 is 0 Å². The summed E-state index contributed by atoms with van der Waals surface area (Å²) in [4.78, 5) is 24.2. The molecule has 0 aliphatic heterocycles. The molecule has 0 radical (unpaired) electrons. The maximum absolute atomic E-state index is 13.7. The molecule has 3 rings (SSSR count). The number of hydrogen-bond donors (Lipinski definition) is 1. The lowest BCUT2D eigenvalue weighted by atomic mass is 10.1. The van der Waals surface area contributed by atoms with E-state index in [1.165, 1.54) is 12.1 Å². The molecule has 3 aromatic rings. The topological polar surface area (TPSA) is 64.0 Å². The second-order valence-corrected chi connectivity index (χ2v) is 5.78. The van der Waals surface area contributed by atoms with Crippen molar-refractivity contribution in [2.45, 2.75) is 13.5 Å². The summed E-state index contributed by atoms with van der Waals surface area (Å²) in [5.74, 6) is -2.20. The van der Waals surface area contributed by atoms with E-state index in [9.17, 15) is 18.4 Å². The molecule has 0 fully saturated rings. The molecule has 0 saturated heterocycles. The number of benzene rings is 2. The van der Waals surface area contributed by atoms with Gasteiger partial charge in [0.1, 0.15) is 17.3 Å². The van der Waals surface area contributed by atoms with E-state index in [-0.39, 0.29) is 23.5 Å². The number of halogens is 2. The Kier molecular flexibility index (Phi) is 4.88. The number of nitrogens with zero attached hydrogens (tertiary/aromatic N) is 2. The summed E-state index contributed by atoms with van der Waals surface area (Å²) in [5.41, 5.74) is 1.17. The number of carbonyl (C=O) groups is 1. The van der Waals surface area contributed by atoms with Gasteiger partial charge >= 0.3 is 0 Å². The fourth-order valence-corrected chi connectivity index (χ4v) is 2.33. The van der Waals surface area contributed by atoms with Gasteiger partial charge in [-0.25, -0.2) is 13.5 Å². The first-order valence-corrected chi connectivity index (χ1v) is 7.82. The Morgan fingerprint density at radius 3 is 2.54 bits per heavy atom. The molecule has 2 aromatic carbocycles. The third kappa shape index (κ3) is 4.00. The van der Waals surface area contributed by atoms with E-state index in [1.807, 2.05) is 31.2 Å². The summed E-state index contributed by atoms with van der Waals surface area (Å²) >= 11 is 0. The van der Waals surface area contributed by atoms with Gasteiger partial charge in [-0.3, -0.25) is 9.59 Å². The third-order valence-electron chi connectivity index (χ3n) is 3.73. The quantitative estimate of drug-likeness (QED) is 0.782. The summed E-state index contributed by atoms with van der Waals surface area (Å²) in [6.45, 7) is 2.14. The number of amides is 1. The van der Waals surface area contributed by atoms with Gasteiger partial charge in [-0.15, -0.1) is 0 Å². The van der Waals surface area contributed by atoms with Crippen molar-refractivity contribution in [3.63, 3.8) is 0 Å². The molecule has 0 bridgehead atoms. The van der Waals surface area contributed by atoms with Gasteiger partial charge in [0, 0.05) is 12.1 Å². The predicted octanol–water partition coefficient (Wildman–Crippen LogP) is 3.13. The zero-order valence-corrected chi connectivity index (χ0v) is 13.9. The number of hydrogen-bond acceptors (Lipinski definition) is 3. The molecule has 5 nitrogen and oxygen atoms in total. The van der Waals surface area contributed by atoms with Gasteiger partial charge in [0.25, 0.3) is 11.5 Å². The molecular weight excluding hydrogens is 340 g/mol. The Morgan fingerprint density at radius 1 is 1.08 bits per heavy atom. The lowest BCUT2D eigenvalue weighted by molar-refractivity contribution is 0.101. The maximum Gasteiger partial charge on any atom is 0.276 e. The first-order valence-electron chi connectivity index (χ1n) is 7.82. The standard InChI is InChI=1S/C19H15F2N3O2/c1-12-2-4-13(5-3-12)11-24-18(25)9-8-16(23-24)19(26)22-17-10-14(20)6-7-15(17)21/h2-10H,11H2,1H3,(H,22,26). The van der Waals surface area contributed by atoms with Gasteiger partial charge in [-0.05, 0) is 30.7 Å². The molecule has 0 unspecified atom stereocenters. The summed E-state index contributed by atoms with van der Waals surface area (Å²) in [5, 5.41) is 6.27. The van der Waals surface area contributed by atoms with Gasteiger partial charge in [-0.1, -0.05) is 29.8 Å². The molecule has 0 aliphatic carbocycles. The van der Waals surface area contributed by atoms with E-state index in [1.54, 1.807) is 0 Å². The fraction of sp³-hybridized carbons (Fsp3) is 0.105. The van der Waals surface area contributed by atoms with Crippen LogP contribution in [-0.4, -0.2) is 15.7 Å². The average Bonchev–Trinajstić information content (AvgIpc) is 2.62. The zero-order chi connectivity index (χ0) is 18.7. The molecule has 0 atom stereocenters. The minimum absolute atomic E-state index is 0.0830. The SMILES string of the molecule is Cc1ccc(Cn2nc(C(=O)Nc3cc(F)ccc3F)ccc2=O)cc1. The van der Waals surface area contributed by atoms with Crippen molar-refractivity contribution in [3.05, 3.63) is 93.4 Å². The van der Waals surface area contributed by atoms with Crippen LogP contribution in [0.1, 0.15) is 21.6 Å². The van der Waals surface area contributed by atoms with Crippen molar-refractivity contribution >= 4 is 11.6 Å². The van der Waals surface area contributed by atoms with Crippen molar-refractivity contribution in [3.8, 4) is 0 Å². The number of nitrogens with one attached hydrogen (secondary N) is 1. The highest BCUT2D eigenvalue weighted by Gasteiger charge is 2.13. The van der Waals surface area contributed by atoms with Crippen LogP contribution in [0.3, 0.4) is 0 Å². The van der Waals surface area contributed by atoms with Crippen molar-refractivity contribution in [1.82, 2.24) is 9.78 Å². The number of anilines is 1. The van der Waals surface area contributed by atoms with Gasteiger partial charge < -0.3 is 5.32 Å². The van der Waals surface area contributed by atoms with Crippen LogP contribution in [0, 0.1) is 18.6 Å². The molecule has 7 heteroatoms. The van der Waals surface area contributed by atoms with Crippen molar-refractivity contribution in [1.29, 1.82) is 0 Å². The van der Waals surface area contributed by atoms with Crippen molar-refractivity contribution in [2.24, 2.45) is 0 Å². The molecule has 1 aromatic heterocycles. The number of aryl methyl sites for hydroxylation is 1. The maximum atomic E-state index is 13.7. The minimum atomic E-state index is -0.771. The van der Waals surface area contributed by atoms with Crippen LogP contribution in [0.2, 0.25) is 0 Å². The normalized spacial score (nSPS) is 10.6. The smallest absolute Gasteiger partial charge is 0.276 e. The molecule has 1 heterocycles. The molecule has 1 N–H and O–H groups in total. The van der Waals surface area contributed by atoms with Crippen LogP contribution in [0.25, 0.3) is 0 Å². The molecule has 0 saturated carbocycles. The zero-order valence-electron chi connectivity index (χ0n) is 13.9. The first-order chi connectivity index (χ1) is 12.4. The first kappa shape index (κ1) is 17.5. The molecular formula is C19H15F2N3O2. The molecule has 0 spiro atoms. The summed E-state index contributed by atoms with van der Waals surface area (Å²) in [6, 6.07) is 12.7. The van der Waals surface area contributed by atoms with Crippen LogP contribution in [0.4, 0.5) is 14.5 Å². The summed E-state index contributed by atoms with van der Waals surface area (Å²) in [6.07, 6.45) is 0. The number of carbonyl (C=O) groups excluding carboxylic acids is 1. The lowest BCUT2D eigenvalue weighted by Crippen LogP contribution is -2.26. The van der Waals surface area contributed by atoms with Crippen LogP contribution in [-0.2, 0) is 6.54 Å². The minimum Gasteiger partial charge on any atom is -0.318 e. The van der Waals surface area contributed by atoms with Gasteiger partial charge in [0.2, 0.25) is 0 Å². The van der Waals surface area contributed by atoms with E-state index in [0.717, 1.165) is 34.0 Å². The Hall–Kier alpha value is -3.35. The highest BCUT2D eigenvalue weighted by Crippen LogP contribution is 2.16. The average molecular weight is 355 g/mol. The Labute approximate surface area is 147 Å². The Bertz CT molecular complexity index is 1010. The highest BCUT2D eigenvalue weighted by atomic mass is 19.1. The van der Waals surface area contributed by atoms with Gasteiger partial charge in [-0.2, -0.15) is 5.10 Å². The van der Waals surface area contributed by atoms with E-state index in [4.69, 9.17) is 0 Å². The van der Waals surface area contributed by atoms with Crippen LogP contribution < -0.4 is 10.9 Å². The van der Waals surface area contributed by atoms with Crippen molar-refractivity contribution < 1.29 is 13.6 Å². The molecule has 1 amide bonds. The summed E-state index contributed by atoms with van der Waals surface area (Å²) < 4.78 is 28.0. The number of rotatable bonds is 4. The van der Waals surface area contributed by atoms with E-state index >= 15 is 0 Å². The number of aromatic nitrogens is 2. The lowest BCUT2D eigenvalue weighted by Gasteiger charge is -2.09. The van der Waals surface area contributed by atoms with E-state index in [2.05, 4.69) is 10.4 Å². The molecule has 26 heavy (non-hydrogen) atoms. The Morgan fingerprint density at radius 2 is 1.81 bits per heavy atom. The van der Waals surface area contributed by atoms with Crippen LogP contribution in [0.15, 0.2) is 59.4 Å². The Balaban J connectivity index is 1.84. The monoisotopic (exact) mass is 355 g/mol. The van der Waals surface area contributed by atoms with Gasteiger partial charge in [0.05, 0.1) is 12.2 Å². The van der Waals surface area contributed by atoms with Gasteiger partial charge in [0.15, 0.2) is 0 Å². The van der Waals surface area contributed by atoms with Crippen molar-refractivity contribution in [2.75, 3.05) is 5.32 Å². The van der Waals surface area contributed by atoms with E-state index < -0.39 is 17.5 Å². The van der Waals surface area contributed by atoms with Crippen LogP contribution in [0.5, 0.6) is 0 Å². The molecule has 132 valence electrons.